The summed E-state index contributed by atoms with van der Waals surface area (Å²) in [5.41, 5.74) is 4.25. The van der Waals surface area contributed by atoms with E-state index in [0.29, 0.717) is 29.2 Å². The van der Waals surface area contributed by atoms with Gasteiger partial charge in [-0.2, -0.15) is 0 Å². The van der Waals surface area contributed by atoms with Gasteiger partial charge in [0.25, 0.3) is 0 Å². The summed E-state index contributed by atoms with van der Waals surface area (Å²) in [6.45, 7) is 3.63. The smallest absolute Gasteiger partial charge is 0.344 e. The third-order valence-electron chi connectivity index (χ3n) is 5.00. The molecule has 0 spiro atoms. The lowest BCUT2D eigenvalue weighted by atomic mass is 10.0. The van der Waals surface area contributed by atoms with Crippen LogP contribution in [0.25, 0.3) is 17.2 Å². The highest BCUT2D eigenvalue weighted by Crippen LogP contribution is 2.39. The molecule has 0 aromatic heterocycles. The van der Waals surface area contributed by atoms with Crippen LogP contribution in [0, 0.1) is 6.92 Å². The molecular weight excluding hydrogens is 392 g/mol. The molecule has 1 aliphatic rings. The molecule has 1 aliphatic heterocycles. The standard InChI is InChI=1S/C26H22O5/c1-3-29-24(27)16-30-22-14-13-21-25(28)23(31-26(21)17(22)2)15-18-9-11-20(12-10-18)19-7-5-4-6-8-19/h4-15H,3,16H2,1-2H3/b23-15-. The zero-order valence-electron chi connectivity index (χ0n) is 17.4. The lowest BCUT2D eigenvalue weighted by Gasteiger charge is -2.10. The molecule has 1 heterocycles. The Morgan fingerprint density at radius 2 is 1.68 bits per heavy atom. The van der Waals surface area contributed by atoms with Gasteiger partial charge >= 0.3 is 5.97 Å². The summed E-state index contributed by atoms with van der Waals surface area (Å²) in [6.07, 6.45) is 1.73. The van der Waals surface area contributed by atoms with Gasteiger partial charge in [0.2, 0.25) is 5.78 Å². The average Bonchev–Trinajstić information content (AvgIpc) is 3.11. The van der Waals surface area contributed by atoms with Gasteiger partial charge < -0.3 is 14.2 Å². The third-order valence-corrected chi connectivity index (χ3v) is 5.00. The first-order valence-electron chi connectivity index (χ1n) is 10.1. The number of carbonyl (C=O) groups is 2. The number of esters is 1. The number of rotatable bonds is 6. The Kier molecular flexibility index (Phi) is 5.85. The van der Waals surface area contributed by atoms with Crippen molar-refractivity contribution in [2.75, 3.05) is 13.2 Å². The van der Waals surface area contributed by atoms with Crippen molar-refractivity contribution in [3.8, 4) is 22.6 Å². The van der Waals surface area contributed by atoms with Crippen LogP contribution in [0.4, 0.5) is 0 Å². The zero-order chi connectivity index (χ0) is 21.8. The van der Waals surface area contributed by atoms with Crippen LogP contribution in [0.5, 0.6) is 11.5 Å². The number of benzene rings is 3. The fourth-order valence-corrected chi connectivity index (χ4v) is 3.42. The quantitative estimate of drug-likeness (QED) is 0.409. The van der Waals surface area contributed by atoms with Crippen molar-refractivity contribution in [2.24, 2.45) is 0 Å². The Labute approximate surface area is 180 Å². The fourth-order valence-electron chi connectivity index (χ4n) is 3.42. The molecule has 0 unspecified atom stereocenters. The maximum Gasteiger partial charge on any atom is 0.344 e. The topological polar surface area (TPSA) is 61.8 Å². The van der Waals surface area contributed by atoms with Gasteiger partial charge in [-0.1, -0.05) is 54.6 Å². The van der Waals surface area contributed by atoms with Crippen molar-refractivity contribution in [1.82, 2.24) is 0 Å². The zero-order valence-corrected chi connectivity index (χ0v) is 17.4. The Hall–Kier alpha value is -3.86. The monoisotopic (exact) mass is 414 g/mol. The van der Waals surface area contributed by atoms with Crippen LogP contribution in [0.15, 0.2) is 72.5 Å². The maximum absolute atomic E-state index is 12.8. The summed E-state index contributed by atoms with van der Waals surface area (Å²) >= 11 is 0. The lowest BCUT2D eigenvalue weighted by molar-refractivity contribution is -0.145. The molecule has 156 valence electrons. The summed E-state index contributed by atoms with van der Waals surface area (Å²) in [6, 6.07) is 21.4. The first kappa shape index (κ1) is 20.4. The van der Waals surface area contributed by atoms with Gasteiger partial charge in [0.05, 0.1) is 12.2 Å². The first-order chi connectivity index (χ1) is 15.1. The molecular formula is C26H22O5. The Bertz CT molecular complexity index is 1140. The van der Waals surface area contributed by atoms with Gasteiger partial charge in [0.1, 0.15) is 11.5 Å². The number of ether oxygens (including phenoxy) is 3. The highest BCUT2D eigenvalue weighted by Gasteiger charge is 2.30. The Morgan fingerprint density at radius 1 is 0.968 bits per heavy atom. The molecule has 31 heavy (non-hydrogen) atoms. The van der Waals surface area contributed by atoms with Crippen molar-refractivity contribution in [3.63, 3.8) is 0 Å². The van der Waals surface area contributed by atoms with Crippen LogP contribution < -0.4 is 9.47 Å². The molecule has 0 N–H and O–H groups in total. The number of allylic oxidation sites excluding steroid dienone is 1. The molecule has 0 saturated carbocycles. The molecule has 3 aromatic rings. The Balaban J connectivity index is 1.52. The minimum Gasteiger partial charge on any atom is -0.481 e. The third kappa shape index (κ3) is 4.36. The molecule has 0 atom stereocenters. The molecule has 4 rings (SSSR count). The van der Waals surface area contributed by atoms with Gasteiger partial charge in [-0.25, -0.2) is 4.79 Å². The van der Waals surface area contributed by atoms with Gasteiger partial charge in [-0.3, -0.25) is 4.79 Å². The van der Waals surface area contributed by atoms with Crippen molar-refractivity contribution in [3.05, 3.63) is 89.2 Å². The van der Waals surface area contributed by atoms with Crippen LogP contribution in [0.3, 0.4) is 0 Å². The number of hydrogen-bond donors (Lipinski definition) is 0. The van der Waals surface area contributed by atoms with Gasteiger partial charge in [0, 0.05) is 5.56 Å². The van der Waals surface area contributed by atoms with E-state index in [1.807, 2.05) is 42.5 Å². The van der Waals surface area contributed by atoms with E-state index in [1.165, 1.54) is 0 Å². The van der Waals surface area contributed by atoms with Gasteiger partial charge in [0.15, 0.2) is 12.4 Å². The van der Waals surface area contributed by atoms with Crippen LogP contribution in [-0.4, -0.2) is 25.0 Å². The summed E-state index contributed by atoms with van der Waals surface area (Å²) < 4.78 is 16.3. The van der Waals surface area contributed by atoms with E-state index in [2.05, 4.69) is 12.1 Å². The predicted molar refractivity (Wildman–Crippen MR) is 118 cm³/mol. The van der Waals surface area contributed by atoms with E-state index in [9.17, 15) is 9.59 Å². The summed E-state index contributed by atoms with van der Waals surface area (Å²) in [7, 11) is 0. The molecule has 5 heteroatoms. The summed E-state index contributed by atoms with van der Waals surface area (Å²) in [4.78, 5) is 24.3. The largest absolute Gasteiger partial charge is 0.481 e. The molecule has 0 bridgehead atoms. The van der Waals surface area contributed by atoms with Crippen LogP contribution >= 0.6 is 0 Å². The lowest BCUT2D eigenvalue weighted by Crippen LogP contribution is -2.15. The van der Waals surface area contributed by atoms with Crippen LogP contribution in [-0.2, 0) is 9.53 Å². The van der Waals surface area contributed by atoms with E-state index in [0.717, 1.165) is 16.7 Å². The van der Waals surface area contributed by atoms with E-state index < -0.39 is 5.97 Å². The van der Waals surface area contributed by atoms with Crippen LogP contribution in [0.2, 0.25) is 0 Å². The van der Waals surface area contributed by atoms with E-state index in [1.54, 1.807) is 32.1 Å². The number of carbonyl (C=O) groups excluding carboxylic acids is 2. The van der Waals surface area contributed by atoms with Crippen molar-refractivity contribution in [1.29, 1.82) is 0 Å². The van der Waals surface area contributed by atoms with Crippen molar-refractivity contribution < 1.29 is 23.8 Å². The fraction of sp³-hybridized carbons (Fsp3) is 0.154. The van der Waals surface area contributed by atoms with E-state index in [-0.39, 0.29) is 18.1 Å². The maximum atomic E-state index is 12.8. The van der Waals surface area contributed by atoms with Crippen molar-refractivity contribution >= 4 is 17.8 Å². The Morgan fingerprint density at radius 3 is 2.39 bits per heavy atom. The number of Topliss-reactive ketones (excluding diaryl/α,β-unsaturated/α-hetero) is 1. The van der Waals surface area contributed by atoms with Gasteiger partial charge in [-0.15, -0.1) is 0 Å². The van der Waals surface area contributed by atoms with E-state index >= 15 is 0 Å². The highest BCUT2D eigenvalue weighted by molar-refractivity contribution is 6.15. The summed E-state index contributed by atoms with van der Waals surface area (Å²) in [5.74, 6) is 0.570. The summed E-state index contributed by atoms with van der Waals surface area (Å²) in [5, 5.41) is 0. The molecule has 0 saturated heterocycles. The molecule has 0 aliphatic carbocycles. The average molecular weight is 414 g/mol. The SMILES string of the molecule is CCOC(=O)COc1ccc2c(c1C)O/C(=C\c1ccc(-c3ccccc3)cc1)C2=O. The number of hydrogen-bond acceptors (Lipinski definition) is 5. The number of ketones is 1. The van der Waals surface area contributed by atoms with E-state index in [4.69, 9.17) is 14.2 Å². The highest BCUT2D eigenvalue weighted by atomic mass is 16.6. The number of fused-ring (bicyclic) bond motifs is 1. The molecule has 5 nitrogen and oxygen atoms in total. The predicted octanol–water partition coefficient (Wildman–Crippen LogP) is 5.22. The first-order valence-corrected chi connectivity index (χ1v) is 10.1. The minimum atomic E-state index is -0.445. The molecule has 0 radical (unpaired) electrons. The second kappa shape index (κ2) is 8.88. The second-order valence-electron chi connectivity index (χ2n) is 7.09. The molecule has 3 aromatic carbocycles. The van der Waals surface area contributed by atoms with Crippen LogP contribution in [0.1, 0.15) is 28.4 Å². The molecule has 0 fully saturated rings. The van der Waals surface area contributed by atoms with Crippen molar-refractivity contribution in [2.45, 2.75) is 13.8 Å². The second-order valence-corrected chi connectivity index (χ2v) is 7.09. The molecule has 0 amide bonds. The minimum absolute atomic E-state index is 0.179. The normalized spacial score (nSPS) is 13.6. The van der Waals surface area contributed by atoms with Gasteiger partial charge in [-0.05, 0) is 48.7 Å².